The minimum absolute atomic E-state index is 0.140. The van der Waals surface area contributed by atoms with Crippen molar-refractivity contribution < 1.29 is 14.3 Å². The van der Waals surface area contributed by atoms with Crippen LogP contribution in [0.2, 0.25) is 0 Å². The van der Waals surface area contributed by atoms with Gasteiger partial charge in [-0.05, 0) is 57.6 Å². The zero-order valence-corrected chi connectivity index (χ0v) is 19.3. The van der Waals surface area contributed by atoms with Crippen molar-refractivity contribution in [1.29, 1.82) is 0 Å². The van der Waals surface area contributed by atoms with Crippen LogP contribution in [-0.4, -0.2) is 38.2 Å². The molecule has 0 bridgehead atoms. The van der Waals surface area contributed by atoms with Crippen LogP contribution in [0.3, 0.4) is 0 Å². The fourth-order valence-corrected chi connectivity index (χ4v) is 4.84. The molecule has 1 aromatic heterocycles. The maximum Gasteiger partial charge on any atom is 0.315 e. The molecule has 0 saturated carbocycles. The Hall–Kier alpha value is -3.03. The van der Waals surface area contributed by atoms with Gasteiger partial charge in [0.25, 0.3) is 0 Å². The van der Waals surface area contributed by atoms with Crippen LogP contribution in [0, 0.1) is 0 Å². The molecule has 168 valence electrons. The number of amides is 2. The number of rotatable bonds is 8. The molecule has 0 radical (unpaired) electrons. The van der Waals surface area contributed by atoms with E-state index in [1.54, 1.807) is 25.6 Å². The van der Waals surface area contributed by atoms with Crippen LogP contribution < -0.4 is 20.1 Å². The van der Waals surface area contributed by atoms with E-state index in [-0.39, 0.29) is 12.1 Å². The van der Waals surface area contributed by atoms with E-state index in [1.807, 2.05) is 18.2 Å². The highest BCUT2D eigenvalue weighted by Crippen LogP contribution is 2.29. The van der Waals surface area contributed by atoms with Gasteiger partial charge >= 0.3 is 6.03 Å². The molecule has 0 spiro atoms. The first-order valence-corrected chi connectivity index (χ1v) is 11.7. The molecule has 7 heteroatoms. The fourth-order valence-electron chi connectivity index (χ4n) is 4.13. The first kappa shape index (κ1) is 22.2. The van der Waals surface area contributed by atoms with Crippen molar-refractivity contribution in [2.75, 3.05) is 27.3 Å². The van der Waals surface area contributed by atoms with Gasteiger partial charge in [-0.1, -0.05) is 30.3 Å². The Morgan fingerprint density at radius 2 is 1.88 bits per heavy atom. The summed E-state index contributed by atoms with van der Waals surface area (Å²) in [6, 6.07) is 16.4. The largest absolute Gasteiger partial charge is 0.493 e. The first-order chi connectivity index (χ1) is 15.7. The Kier molecular flexibility index (Phi) is 7.29. The molecule has 3 aromatic rings. The number of thiophene rings is 1. The third-order valence-electron chi connectivity index (χ3n) is 5.89. The monoisotopic (exact) mass is 451 g/mol. The smallest absolute Gasteiger partial charge is 0.315 e. The van der Waals surface area contributed by atoms with Crippen molar-refractivity contribution in [3.63, 3.8) is 0 Å². The lowest BCUT2D eigenvalue weighted by Crippen LogP contribution is -2.43. The second-order valence-corrected chi connectivity index (χ2v) is 8.59. The number of carbonyl (C=O) groups is 1. The predicted octanol–water partition coefficient (Wildman–Crippen LogP) is 4.36. The number of nitrogens with zero attached hydrogens (tertiary/aromatic N) is 1. The summed E-state index contributed by atoms with van der Waals surface area (Å²) in [6.45, 7) is 2.83. The molecule has 2 heterocycles. The molecule has 0 aliphatic carbocycles. The molecule has 2 N–H and O–H groups in total. The summed E-state index contributed by atoms with van der Waals surface area (Å²) < 4.78 is 10.6. The van der Waals surface area contributed by atoms with Crippen LogP contribution in [-0.2, 0) is 19.5 Å². The van der Waals surface area contributed by atoms with E-state index in [2.05, 4.69) is 56.6 Å². The van der Waals surface area contributed by atoms with Crippen molar-refractivity contribution in [2.24, 2.45) is 0 Å². The van der Waals surface area contributed by atoms with E-state index < -0.39 is 0 Å². The van der Waals surface area contributed by atoms with E-state index in [9.17, 15) is 4.79 Å². The van der Waals surface area contributed by atoms with Gasteiger partial charge in [0.05, 0.1) is 20.3 Å². The van der Waals surface area contributed by atoms with Crippen molar-refractivity contribution in [2.45, 2.75) is 25.6 Å². The van der Waals surface area contributed by atoms with Crippen LogP contribution >= 0.6 is 11.3 Å². The lowest BCUT2D eigenvalue weighted by atomic mass is 9.97. The molecule has 1 aliphatic heterocycles. The summed E-state index contributed by atoms with van der Waals surface area (Å²) in [7, 11) is 3.21. The molecule has 2 amide bonds. The van der Waals surface area contributed by atoms with E-state index >= 15 is 0 Å². The number of ether oxygens (including phenoxy) is 2. The summed E-state index contributed by atoms with van der Waals surface area (Å²) in [5, 5.41) is 10.3. The molecule has 1 atom stereocenters. The number of methoxy groups -OCH3 is 2. The number of carbonyl (C=O) groups excluding carboxylic acids is 1. The van der Waals surface area contributed by atoms with Gasteiger partial charge < -0.3 is 20.1 Å². The molecular weight excluding hydrogens is 422 g/mol. The molecular formula is C25H29N3O3S. The Morgan fingerprint density at radius 3 is 2.62 bits per heavy atom. The maximum absolute atomic E-state index is 12.6. The number of urea groups is 1. The molecule has 1 aliphatic rings. The standard InChI is InChI=1S/C25H29N3O3S/c1-30-23-8-7-18(13-24(23)31-2)14-26-25(29)27-15-22(21-10-12-32-17-21)28-11-9-19-5-3-4-6-20(19)16-28/h3-8,10,12-13,17,22H,9,11,14-16H2,1-2H3,(H2,26,27,29). The van der Waals surface area contributed by atoms with E-state index in [0.717, 1.165) is 25.1 Å². The number of benzene rings is 2. The Balaban J connectivity index is 1.36. The Labute approximate surface area is 193 Å². The molecule has 2 aromatic carbocycles. The summed E-state index contributed by atoms with van der Waals surface area (Å²) >= 11 is 1.69. The average molecular weight is 452 g/mol. The quantitative estimate of drug-likeness (QED) is 0.534. The number of nitrogens with one attached hydrogen (secondary N) is 2. The van der Waals surface area contributed by atoms with Gasteiger partial charge in [-0.2, -0.15) is 11.3 Å². The lowest BCUT2D eigenvalue weighted by Gasteiger charge is -2.35. The van der Waals surface area contributed by atoms with Gasteiger partial charge in [0.2, 0.25) is 0 Å². The predicted molar refractivity (Wildman–Crippen MR) is 127 cm³/mol. The van der Waals surface area contributed by atoms with Gasteiger partial charge in [0, 0.05) is 26.2 Å². The fraction of sp³-hybridized carbons (Fsp3) is 0.320. The first-order valence-electron chi connectivity index (χ1n) is 10.7. The zero-order chi connectivity index (χ0) is 22.3. The Bertz CT molecular complexity index is 1040. The van der Waals surface area contributed by atoms with E-state index in [4.69, 9.17) is 9.47 Å². The topological polar surface area (TPSA) is 62.8 Å². The van der Waals surface area contributed by atoms with Gasteiger partial charge in [-0.25, -0.2) is 4.79 Å². The van der Waals surface area contributed by atoms with Crippen LogP contribution in [0.5, 0.6) is 11.5 Å². The number of hydrogen-bond acceptors (Lipinski definition) is 5. The molecule has 1 unspecified atom stereocenters. The van der Waals surface area contributed by atoms with Crippen LogP contribution in [0.1, 0.15) is 28.3 Å². The van der Waals surface area contributed by atoms with Crippen LogP contribution in [0.25, 0.3) is 0 Å². The normalized spacial score (nSPS) is 14.3. The van der Waals surface area contributed by atoms with Crippen LogP contribution in [0.4, 0.5) is 4.79 Å². The second kappa shape index (κ2) is 10.5. The van der Waals surface area contributed by atoms with Crippen molar-refractivity contribution >= 4 is 17.4 Å². The van der Waals surface area contributed by atoms with Crippen molar-refractivity contribution in [1.82, 2.24) is 15.5 Å². The maximum atomic E-state index is 12.6. The summed E-state index contributed by atoms with van der Waals surface area (Å²) in [5.74, 6) is 1.32. The molecule has 6 nitrogen and oxygen atoms in total. The molecule has 32 heavy (non-hydrogen) atoms. The Morgan fingerprint density at radius 1 is 1.06 bits per heavy atom. The van der Waals surface area contributed by atoms with Gasteiger partial charge in [-0.15, -0.1) is 0 Å². The third kappa shape index (κ3) is 5.23. The van der Waals surface area contributed by atoms with Gasteiger partial charge in [0.15, 0.2) is 11.5 Å². The minimum Gasteiger partial charge on any atom is -0.493 e. The summed E-state index contributed by atoms with van der Waals surface area (Å²) in [6.07, 6.45) is 1.03. The average Bonchev–Trinajstić information content (AvgIpc) is 3.37. The summed E-state index contributed by atoms with van der Waals surface area (Å²) in [4.78, 5) is 15.0. The lowest BCUT2D eigenvalue weighted by molar-refractivity contribution is 0.174. The van der Waals surface area contributed by atoms with Gasteiger partial charge in [-0.3, -0.25) is 4.90 Å². The van der Waals surface area contributed by atoms with Crippen molar-refractivity contribution in [3.05, 3.63) is 81.5 Å². The minimum atomic E-state index is -0.183. The third-order valence-corrected chi connectivity index (χ3v) is 6.59. The summed E-state index contributed by atoms with van der Waals surface area (Å²) in [5.41, 5.74) is 4.99. The number of hydrogen-bond donors (Lipinski definition) is 2. The molecule has 0 fully saturated rings. The zero-order valence-electron chi connectivity index (χ0n) is 18.5. The highest BCUT2D eigenvalue weighted by Gasteiger charge is 2.25. The molecule has 0 saturated heterocycles. The molecule has 4 rings (SSSR count). The highest BCUT2D eigenvalue weighted by molar-refractivity contribution is 7.08. The second-order valence-electron chi connectivity index (χ2n) is 7.81. The highest BCUT2D eigenvalue weighted by atomic mass is 32.1. The number of fused-ring (bicyclic) bond motifs is 1. The van der Waals surface area contributed by atoms with Crippen LogP contribution in [0.15, 0.2) is 59.3 Å². The van der Waals surface area contributed by atoms with Crippen molar-refractivity contribution in [3.8, 4) is 11.5 Å². The van der Waals surface area contributed by atoms with E-state index in [1.165, 1.54) is 16.7 Å². The van der Waals surface area contributed by atoms with E-state index in [0.29, 0.717) is 24.6 Å². The van der Waals surface area contributed by atoms with Gasteiger partial charge in [0.1, 0.15) is 0 Å². The SMILES string of the molecule is COc1ccc(CNC(=O)NCC(c2ccsc2)N2CCc3ccccc3C2)cc1OC.